The monoisotopic (exact) mass is 226 g/mol. The Morgan fingerprint density at radius 2 is 2.12 bits per heavy atom. The minimum atomic E-state index is -0.712. The summed E-state index contributed by atoms with van der Waals surface area (Å²) in [5.74, 6) is 1.68. The molecule has 2 unspecified atom stereocenters. The van der Waals surface area contributed by atoms with Crippen LogP contribution >= 0.6 is 0 Å². The minimum absolute atomic E-state index is 0.0129. The average molecular weight is 226 g/mol. The second kappa shape index (κ2) is 4.97. The first kappa shape index (κ1) is 13.2. The van der Waals surface area contributed by atoms with E-state index in [1.165, 1.54) is 0 Å². The second-order valence-electron chi connectivity index (χ2n) is 4.92. The van der Waals surface area contributed by atoms with Crippen molar-refractivity contribution >= 4 is 0 Å². The van der Waals surface area contributed by atoms with Crippen LogP contribution < -0.4 is 5.32 Å². The van der Waals surface area contributed by atoms with Gasteiger partial charge in [-0.1, -0.05) is 13.8 Å². The fraction of sp³-hybridized carbons (Fsp3) is 0.750. The summed E-state index contributed by atoms with van der Waals surface area (Å²) in [4.78, 5) is 4.15. The molecular formula is C12H22N2O2. The Labute approximate surface area is 97.1 Å². The van der Waals surface area contributed by atoms with Crippen LogP contribution in [0.1, 0.15) is 45.4 Å². The first-order valence-electron chi connectivity index (χ1n) is 5.71. The van der Waals surface area contributed by atoms with Crippen molar-refractivity contribution < 1.29 is 9.52 Å². The molecule has 0 aliphatic heterocycles. The summed E-state index contributed by atoms with van der Waals surface area (Å²) in [7, 11) is 0. The Morgan fingerprint density at radius 3 is 2.56 bits per heavy atom. The number of nitrogens with zero attached hydrogens (tertiary/aromatic N) is 1. The fourth-order valence-corrected chi connectivity index (χ4v) is 1.22. The van der Waals surface area contributed by atoms with Crippen LogP contribution in [0.5, 0.6) is 0 Å². The summed E-state index contributed by atoms with van der Waals surface area (Å²) in [6.07, 6.45) is 1.70. The maximum atomic E-state index is 10.1. The summed E-state index contributed by atoms with van der Waals surface area (Å²) >= 11 is 0. The average Bonchev–Trinajstić information content (AvgIpc) is 2.61. The van der Waals surface area contributed by atoms with E-state index >= 15 is 0 Å². The molecule has 0 fully saturated rings. The summed E-state index contributed by atoms with van der Waals surface area (Å²) < 4.78 is 5.42. The lowest BCUT2D eigenvalue weighted by atomic mass is 9.92. The number of rotatable bonds is 5. The van der Waals surface area contributed by atoms with Crippen LogP contribution in [-0.4, -0.2) is 22.2 Å². The third-order valence-electron chi connectivity index (χ3n) is 3.02. The molecular weight excluding hydrogens is 204 g/mol. The van der Waals surface area contributed by atoms with Gasteiger partial charge in [0.25, 0.3) is 0 Å². The first-order chi connectivity index (χ1) is 7.33. The predicted molar refractivity (Wildman–Crippen MR) is 63.1 cm³/mol. The molecule has 0 spiro atoms. The van der Waals surface area contributed by atoms with Crippen molar-refractivity contribution in [3.8, 4) is 0 Å². The van der Waals surface area contributed by atoms with Gasteiger partial charge in [-0.3, -0.25) is 0 Å². The van der Waals surface area contributed by atoms with Crippen LogP contribution in [0.25, 0.3) is 0 Å². The molecule has 0 saturated heterocycles. The summed E-state index contributed by atoms with van der Waals surface area (Å²) in [6.45, 7) is 10.2. The maximum absolute atomic E-state index is 10.1. The van der Waals surface area contributed by atoms with Gasteiger partial charge in [0.15, 0.2) is 0 Å². The molecule has 2 atom stereocenters. The molecule has 0 amide bonds. The van der Waals surface area contributed by atoms with E-state index in [4.69, 9.17) is 4.42 Å². The Hall–Kier alpha value is -0.870. The molecule has 1 aromatic heterocycles. The molecule has 4 nitrogen and oxygen atoms in total. The van der Waals surface area contributed by atoms with Crippen LogP contribution in [0.4, 0.5) is 0 Å². The van der Waals surface area contributed by atoms with Gasteiger partial charge in [0.05, 0.1) is 17.8 Å². The van der Waals surface area contributed by atoms with E-state index in [1.807, 2.05) is 34.6 Å². The van der Waals surface area contributed by atoms with Crippen LogP contribution in [0.15, 0.2) is 10.6 Å². The van der Waals surface area contributed by atoms with Gasteiger partial charge in [-0.2, -0.15) is 0 Å². The quantitative estimate of drug-likeness (QED) is 0.806. The van der Waals surface area contributed by atoms with E-state index in [2.05, 4.69) is 10.3 Å². The van der Waals surface area contributed by atoms with Crippen LogP contribution in [0.3, 0.4) is 0 Å². The molecule has 0 saturated carbocycles. The summed E-state index contributed by atoms with van der Waals surface area (Å²) in [6, 6.07) is 0.0129. The summed E-state index contributed by atoms with van der Waals surface area (Å²) in [5.41, 5.74) is -0.712. The number of aliphatic hydroxyl groups is 1. The maximum Gasteiger partial charge on any atom is 0.211 e. The first-order valence-corrected chi connectivity index (χ1v) is 5.71. The van der Waals surface area contributed by atoms with Crippen molar-refractivity contribution in [2.45, 2.75) is 46.3 Å². The van der Waals surface area contributed by atoms with Gasteiger partial charge in [-0.25, -0.2) is 4.98 Å². The smallest absolute Gasteiger partial charge is 0.211 e. The van der Waals surface area contributed by atoms with Crippen molar-refractivity contribution in [2.24, 2.45) is 5.92 Å². The largest absolute Gasteiger partial charge is 0.444 e. The number of hydrogen-bond donors (Lipinski definition) is 2. The molecule has 0 aromatic carbocycles. The Kier molecular flexibility index (Phi) is 4.10. The lowest BCUT2D eigenvalue weighted by Crippen LogP contribution is -2.43. The third-order valence-corrected chi connectivity index (χ3v) is 3.02. The number of aromatic nitrogens is 1. The number of aryl methyl sites for hydroxylation is 1. The molecule has 4 heteroatoms. The van der Waals surface area contributed by atoms with Gasteiger partial charge >= 0.3 is 0 Å². The lowest BCUT2D eigenvalue weighted by molar-refractivity contribution is 0.0115. The fourth-order valence-electron chi connectivity index (χ4n) is 1.22. The third kappa shape index (κ3) is 3.32. The van der Waals surface area contributed by atoms with Gasteiger partial charge in [-0.15, -0.1) is 0 Å². The highest BCUT2D eigenvalue weighted by molar-refractivity contribution is 4.95. The van der Waals surface area contributed by atoms with E-state index in [-0.39, 0.29) is 12.0 Å². The molecule has 1 rings (SSSR count). The van der Waals surface area contributed by atoms with Gasteiger partial charge in [0.1, 0.15) is 5.76 Å². The predicted octanol–water partition coefficient (Wildman–Crippen LogP) is 2.04. The zero-order chi connectivity index (χ0) is 12.3. The number of oxazole rings is 1. The Morgan fingerprint density at radius 1 is 1.50 bits per heavy atom. The van der Waals surface area contributed by atoms with Crippen LogP contribution in [0.2, 0.25) is 0 Å². The van der Waals surface area contributed by atoms with Crippen molar-refractivity contribution in [1.82, 2.24) is 10.3 Å². The van der Waals surface area contributed by atoms with Crippen molar-refractivity contribution in [3.05, 3.63) is 17.8 Å². The van der Waals surface area contributed by atoms with Crippen molar-refractivity contribution in [2.75, 3.05) is 6.54 Å². The van der Waals surface area contributed by atoms with Gasteiger partial charge in [0.2, 0.25) is 5.89 Å². The summed E-state index contributed by atoms with van der Waals surface area (Å²) in [5, 5.41) is 13.3. The molecule has 1 heterocycles. The van der Waals surface area contributed by atoms with E-state index in [1.54, 1.807) is 6.20 Å². The van der Waals surface area contributed by atoms with Gasteiger partial charge < -0.3 is 14.8 Å². The molecule has 0 aliphatic carbocycles. The zero-order valence-electron chi connectivity index (χ0n) is 10.7. The van der Waals surface area contributed by atoms with Gasteiger partial charge in [0, 0.05) is 6.54 Å². The number of hydrogen-bond acceptors (Lipinski definition) is 4. The highest BCUT2D eigenvalue weighted by Crippen LogP contribution is 2.17. The zero-order valence-corrected chi connectivity index (χ0v) is 10.7. The second-order valence-corrected chi connectivity index (χ2v) is 4.92. The van der Waals surface area contributed by atoms with E-state index in [0.29, 0.717) is 12.4 Å². The molecule has 0 aliphatic rings. The van der Waals surface area contributed by atoms with Crippen LogP contribution in [-0.2, 0) is 0 Å². The van der Waals surface area contributed by atoms with E-state index in [0.717, 1.165) is 5.76 Å². The lowest BCUT2D eigenvalue weighted by Gasteiger charge is -2.29. The highest BCUT2D eigenvalue weighted by atomic mass is 16.4. The topological polar surface area (TPSA) is 58.3 Å². The van der Waals surface area contributed by atoms with Crippen LogP contribution in [0, 0.1) is 12.8 Å². The van der Waals surface area contributed by atoms with Crippen molar-refractivity contribution in [1.29, 1.82) is 0 Å². The molecule has 0 radical (unpaired) electrons. The minimum Gasteiger partial charge on any atom is -0.444 e. The molecule has 1 aromatic rings. The normalized spacial score (nSPS) is 17.4. The van der Waals surface area contributed by atoms with E-state index < -0.39 is 5.60 Å². The molecule has 16 heavy (non-hydrogen) atoms. The van der Waals surface area contributed by atoms with Crippen molar-refractivity contribution in [3.63, 3.8) is 0 Å². The molecule has 0 bridgehead atoms. The highest BCUT2D eigenvalue weighted by Gasteiger charge is 2.25. The Bertz CT molecular complexity index is 332. The van der Waals surface area contributed by atoms with E-state index in [9.17, 15) is 5.11 Å². The SMILES string of the molecule is Cc1cnc(C(C)NCC(C)(O)C(C)C)o1. The van der Waals surface area contributed by atoms with Gasteiger partial charge in [-0.05, 0) is 26.7 Å². The standard InChI is InChI=1S/C12H22N2O2/c1-8(2)12(5,15)7-14-10(4)11-13-6-9(3)16-11/h6,8,10,14-15H,7H2,1-5H3. The number of nitrogens with one attached hydrogen (secondary N) is 1. The Balaban J connectivity index is 2.50. The molecule has 92 valence electrons. The molecule has 2 N–H and O–H groups in total.